The number of rotatable bonds is 7. The highest BCUT2D eigenvalue weighted by Crippen LogP contribution is 2.16. The molecule has 0 spiro atoms. The number of amides is 1. The van der Waals surface area contributed by atoms with Gasteiger partial charge in [-0.05, 0) is 66.2 Å². The van der Waals surface area contributed by atoms with Crippen LogP contribution < -0.4 is 10.1 Å². The molecular weight excluding hydrogens is 420 g/mol. The second-order valence-corrected chi connectivity index (χ2v) is 6.80. The fourth-order valence-corrected chi connectivity index (χ4v) is 2.86. The molecule has 3 aromatic carbocycles. The minimum Gasteiger partial charge on any atom is -0.467 e. The smallest absolute Gasteiger partial charge is 0.343 e. The van der Waals surface area contributed by atoms with E-state index >= 15 is 0 Å². The number of esters is 2. The zero-order valence-corrected chi connectivity index (χ0v) is 17.0. The normalized spacial score (nSPS) is 11.3. The van der Waals surface area contributed by atoms with Crippen LogP contribution in [0.4, 0.5) is 8.78 Å². The maximum Gasteiger partial charge on any atom is 0.343 e. The van der Waals surface area contributed by atoms with Crippen molar-refractivity contribution < 1.29 is 32.6 Å². The Bertz CT molecular complexity index is 1100. The molecule has 0 heterocycles. The molecule has 0 aromatic heterocycles. The summed E-state index contributed by atoms with van der Waals surface area (Å²) in [5, 5.41) is 2.57. The van der Waals surface area contributed by atoms with Crippen LogP contribution in [0.15, 0.2) is 72.8 Å². The molecular formula is C24H19F2NO5. The molecule has 0 aliphatic carbocycles. The fraction of sp³-hybridized carbons (Fsp3) is 0.125. The number of methoxy groups -OCH3 is 1. The van der Waals surface area contributed by atoms with Crippen molar-refractivity contribution in [3.8, 4) is 5.75 Å². The second-order valence-electron chi connectivity index (χ2n) is 6.80. The number of carbonyl (C=O) groups is 3. The van der Waals surface area contributed by atoms with Gasteiger partial charge in [-0.25, -0.2) is 18.4 Å². The minimum atomic E-state index is -0.981. The van der Waals surface area contributed by atoms with Crippen molar-refractivity contribution in [3.05, 3.63) is 101 Å². The number of nitrogens with one attached hydrogen (secondary N) is 1. The first kappa shape index (κ1) is 22.6. The highest BCUT2D eigenvalue weighted by Gasteiger charge is 2.23. The zero-order chi connectivity index (χ0) is 23.1. The topological polar surface area (TPSA) is 81.7 Å². The second kappa shape index (κ2) is 10.3. The van der Waals surface area contributed by atoms with Gasteiger partial charge in [0.2, 0.25) is 0 Å². The van der Waals surface area contributed by atoms with Crippen LogP contribution in [0.1, 0.15) is 26.3 Å². The van der Waals surface area contributed by atoms with Crippen LogP contribution in [-0.4, -0.2) is 31.0 Å². The van der Waals surface area contributed by atoms with Crippen LogP contribution in [0.2, 0.25) is 0 Å². The van der Waals surface area contributed by atoms with E-state index in [1.165, 1.54) is 43.5 Å². The first-order valence-corrected chi connectivity index (χ1v) is 9.56. The average Bonchev–Trinajstić information content (AvgIpc) is 2.80. The van der Waals surface area contributed by atoms with E-state index in [4.69, 9.17) is 9.47 Å². The summed E-state index contributed by atoms with van der Waals surface area (Å²) in [4.78, 5) is 36.6. The summed E-state index contributed by atoms with van der Waals surface area (Å²) in [6.45, 7) is 0. The van der Waals surface area contributed by atoms with Crippen molar-refractivity contribution in [2.75, 3.05) is 7.11 Å². The maximum absolute atomic E-state index is 13.1. The van der Waals surface area contributed by atoms with Gasteiger partial charge in [-0.1, -0.05) is 12.1 Å². The predicted molar refractivity (Wildman–Crippen MR) is 111 cm³/mol. The van der Waals surface area contributed by atoms with Crippen molar-refractivity contribution in [3.63, 3.8) is 0 Å². The molecule has 3 rings (SSSR count). The van der Waals surface area contributed by atoms with Crippen LogP contribution in [0.5, 0.6) is 5.75 Å². The van der Waals surface area contributed by atoms with Crippen molar-refractivity contribution in [1.82, 2.24) is 5.32 Å². The summed E-state index contributed by atoms with van der Waals surface area (Å²) in [5.74, 6) is -2.52. The summed E-state index contributed by atoms with van der Waals surface area (Å²) in [5.41, 5.74) is 1.06. The maximum atomic E-state index is 13.1. The molecule has 1 amide bonds. The van der Waals surface area contributed by atoms with Gasteiger partial charge in [0.15, 0.2) is 0 Å². The molecule has 1 atom stereocenters. The molecule has 3 aromatic rings. The van der Waals surface area contributed by atoms with E-state index in [1.54, 1.807) is 12.1 Å². The van der Waals surface area contributed by atoms with Gasteiger partial charge in [-0.15, -0.1) is 0 Å². The fourth-order valence-electron chi connectivity index (χ4n) is 2.86. The number of halogens is 2. The molecule has 0 fully saturated rings. The molecule has 8 heteroatoms. The van der Waals surface area contributed by atoms with Gasteiger partial charge in [0.05, 0.1) is 12.7 Å². The number of hydrogen-bond donors (Lipinski definition) is 1. The average molecular weight is 439 g/mol. The Kier molecular flexibility index (Phi) is 7.28. The van der Waals surface area contributed by atoms with Gasteiger partial charge in [0, 0.05) is 12.0 Å². The SMILES string of the molecule is COC(=O)C(Cc1ccc(OC(=O)c2ccc(F)cc2)cc1)NC(=O)c1ccc(F)cc1. The largest absolute Gasteiger partial charge is 0.467 e. The lowest BCUT2D eigenvalue weighted by Gasteiger charge is -2.17. The van der Waals surface area contributed by atoms with Crippen LogP contribution in [0.3, 0.4) is 0 Å². The minimum absolute atomic E-state index is 0.117. The molecule has 0 radical (unpaired) electrons. The molecule has 1 N–H and O–H groups in total. The summed E-state index contributed by atoms with van der Waals surface area (Å²) < 4.78 is 36.0. The molecule has 0 saturated heterocycles. The Morgan fingerprint density at radius 3 is 1.88 bits per heavy atom. The lowest BCUT2D eigenvalue weighted by atomic mass is 10.0. The third kappa shape index (κ3) is 5.98. The predicted octanol–water partition coefficient (Wildman–Crippen LogP) is 3.70. The summed E-state index contributed by atoms with van der Waals surface area (Å²) >= 11 is 0. The van der Waals surface area contributed by atoms with Crippen molar-refractivity contribution in [2.45, 2.75) is 12.5 Å². The quantitative estimate of drug-likeness (QED) is 0.449. The Labute approximate surface area is 182 Å². The summed E-state index contributed by atoms with van der Waals surface area (Å²) in [6.07, 6.45) is 0.117. The molecule has 0 bridgehead atoms. The van der Waals surface area contributed by atoms with Gasteiger partial charge in [-0.2, -0.15) is 0 Å². The van der Waals surface area contributed by atoms with Gasteiger partial charge in [0.1, 0.15) is 23.4 Å². The lowest BCUT2D eigenvalue weighted by Crippen LogP contribution is -2.43. The summed E-state index contributed by atoms with van der Waals surface area (Å²) in [7, 11) is 1.21. The monoisotopic (exact) mass is 439 g/mol. The van der Waals surface area contributed by atoms with E-state index in [0.29, 0.717) is 5.56 Å². The van der Waals surface area contributed by atoms with Crippen LogP contribution in [0.25, 0.3) is 0 Å². The van der Waals surface area contributed by atoms with Crippen molar-refractivity contribution in [2.24, 2.45) is 0 Å². The Morgan fingerprint density at radius 2 is 1.34 bits per heavy atom. The van der Waals surface area contributed by atoms with E-state index in [0.717, 1.165) is 24.3 Å². The first-order chi connectivity index (χ1) is 15.4. The number of ether oxygens (including phenoxy) is 2. The molecule has 164 valence electrons. The van der Waals surface area contributed by atoms with Crippen LogP contribution in [0, 0.1) is 11.6 Å². The molecule has 6 nitrogen and oxygen atoms in total. The van der Waals surface area contributed by atoms with Crippen molar-refractivity contribution in [1.29, 1.82) is 0 Å². The van der Waals surface area contributed by atoms with Gasteiger partial charge in [-0.3, -0.25) is 4.79 Å². The Hall–Kier alpha value is -4.07. The molecule has 0 aliphatic rings. The van der Waals surface area contributed by atoms with E-state index in [1.807, 2.05) is 0 Å². The number of benzene rings is 3. The van der Waals surface area contributed by atoms with E-state index in [-0.39, 0.29) is 23.3 Å². The standard InChI is InChI=1S/C24H19F2NO5/c1-31-24(30)21(27-22(28)16-4-8-18(25)9-5-16)14-15-2-12-20(13-3-15)32-23(29)17-6-10-19(26)11-7-17/h2-13,21H,14H2,1H3,(H,27,28). The zero-order valence-electron chi connectivity index (χ0n) is 17.0. The van der Waals surface area contributed by atoms with E-state index < -0.39 is 35.5 Å². The molecule has 32 heavy (non-hydrogen) atoms. The van der Waals surface area contributed by atoms with Crippen LogP contribution >= 0.6 is 0 Å². The van der Waals surface area contributed by atoms with E-state index in [9.17, 15) is 23.2 Å². The molecule has 0 aliphatic heterocycles. The number of hydrogen-bond acceptors (Lipinski definition) is 5. The lowest BCUT2D eigenvalue weighted by molar-refractivity contribution is -0.142. The van der Waals surface area contributed by atoms with Gasteiger partial charge < -0.3 is 14.8 Å². The highest BCUT2D eigenvalue weighted by atomic mass is 19.1. The summed E-state index contributed by atoms with van der Waals surface area (Å²) in [6, 6.07) is 15.2. The Morgan fingerprint density at radius 1 is 0.812 bits per heavy atom. The van der Waals surface area contributed by atoms with Gasteiger partial charge >= 0.3 is 11.9 Å². The first-order valence-electron chi connectivity index (χ1n) is 9.56. The van der Waals surface area contributed by atoms with E-state index in [2.05, 4.69) is 5.32 Å². The number of carbonyl (C=O) groups excluding carboxylic acids is 3. The van der Waals surface area contributed by atoms with Gasteiger partial charge in [0.25, 0.3) is 5.91 Å². The highest BCUT2D eigenvalue weighted by molar-refractivity contribution is 5.96. The third-order valence-corrected chi connectivity index (χ3v) is 4.55. The molecule has 0 saturated carbocycles. The third-order valence-electron chi connectivity index (χ3n) is 4.55. The van der Waals surface area contributed by atoms with Crippen molar-refractivity contribution >= 4 is 17.8 Å². The van der Waals surface area contributed by atoms with Crippen LogP contribution in [-0.2, 0) is 16.0 Å². The Balaban J connectivity index is 1.65. The molecule has 1 unspecified atom stereocenters.